The summed E-state index contributed by atoms with van der Waals surface area (Å²) in [5.74, 6) is 1.03. The fourth-order valence-corrected chi connectivity index (χ4v) is 2.96. The van der Waals surface area contributed by atoms with E-state index in [1.165, 1.54) is 11.8 Å². The third kappa shape index (κ3) is 5.06. The molecule has 9 heteroatoms. The number of amides is 3. The van der Waals surface area contributed by atoms with Gasteiger partial charge in [0.15, 0.2) is 0 Å². The Morgan fingerprint density at radius 3 is 2.77 bits per heavy atom. The number of nitrogens with zero attached hydrogens (tertiary/aromatic N) is 3. The van der Waals surface area contributed by atoms with Crippen LogP contribution in [0.1, 0.15) is 24.6 Å². The smallest absolute Gasteiger partial charge is 0.321 e. The third-order valence-electron chi connectivity index (χ3n) is 3.73. The van der Waals surface area contributed by atoms with E-state index < -0.39 is 11.9 Å². The van der Waals surface area contributed by atoms with Crippen molar-refractivity contribution in [1.82, 2.24) is 25.4 Å². The van der Waals surface area contributed by atoms with Gasteiger partial charge >= 0.3 is 6.03 Å². The molecular weight excluding hydrogens is 354 g/mol. The van der Waals surface area contributed by atoms with Crippen LogP contribution >= 0.6 is 11.8 Å². The van der Waals surface area contributed by atoms with Crippen LogP contribution < -0.4 is 10.6 Å². The molecule has 0 bridgehead atoms. The number of nitrogens with one attached hydrogen (secondary N) is 2. The zero-order chi connectivity index (χ0) is 18.4. The van der Waals surface area contributed by atoms with Gasteiger partial charge in [0.2, 0.25) is 11.1 Å². The van der Waals surface area contributed by atoms with Crippen molar-refractivity contribution in [3.05, 3.63) is 36.2 Å². The molecule has 2 N–H and O–H groups in total. The molecule has 3 amide bonds. The van der Waals surface area contributed by atoms with Gasteiger partial charge in [0, 0.05) is 19.6 Å². The van der Waals surface area contributed by atoms with Gasteiger partial charge in [-0.15, -0.1) is 5.10 Å². The number of aromatic nitrogens is 3. The maximum atomic E-state index is 11.9. The Hall–Kier alpha value is -2.39. The molecule has 0 unspecified atom stereocenters. The van der Waals surface area contributed by atoms with Crippen molar-refractivity contribution in [1.29, 1.82) is 0 Å². The average Bonchev–Trinajstić information content (AvgIpc) is 3.40. The molecule has 0 aliphatic heterocycles. The largest absolute Gasteiger partial charge is 0.383 e. The molecule has 1 aliphatic carbocycles. The van der Waals surface area contributed by atoms with Crippen LogP contribution in [0.4, 0.5) is 4.79 Å². The number of thioether (sulfide) groups is 1. The lowest BCUT2D eigenvalue weighted by molar-refractivity contribution is -0.117. The quantitative estimate of drug-likeness (QED) is 0.538. The highest BCUT2D eigenvalue weighted by Crippen LogP contribution is 2.40. The van der Waals surface area contributed by atoms with Crippen molar-refractivity contribution in [2.24, 2.45) is 0 Å². The molecule has 0 spiro atoms. The number of urea groups is 1. The summed E-state index contributed by atoms with van der Waals surface area (Å²) in [7, 11) is 1.54. The van der Waals surface area contributed by atoms with Crippen molar-refractivity contribution in [3.63, 3.8) is 0 Å². The van der Waals surface area contributed by atoms with E-state index >= 15 is 0 Å². The van der Waals surface area contributed by atoms with Crippen LogP contribution in [0.2, 0.25) is 0 Å². The first-order chi connectivity index (χ1) is 12.7. The minimum Gasteiger partial charge on any atom is -0.383 e. The maximum absolute atomic E-state index is 11.9. The van der Waals surface area contributed by atoms with Crippen LogP contribution in [-0.2, 0) is 9.53 Å². The van der Waals surface area contributed by atoms with E-state index in [2.05, 4.69) is 20.7 Å². The zero-order valence-corrected chi connectivity index (χ0v) is 15.3. The highest BCUT2D eigenvalue weighted by atomic mass is 32.2. The third-order valence-corrected chi connectivity index (χ3v) is 4.57. The van der Waals surface area contributed by atoms with Gasteiger partial charge < -0.3 is 10.1 Å². The number of hydrogen-bond acceptors (Lipinski definition) is 6. The summed E-state index contributed by atoms with van der Waals surface area (Å²) in [6, 6.07) is 9.29. The average molecular weight is 375 g/mol. The molecule has 1 fully saturated rings. The van der Waals surface area contributed by atoms with Crippen LogP contribution in [0, 0.1) is 0 Å². The fourth-order valence-electron chi connectivity index (χ4n) is 2.33. The summed E-state index contributed by atoms with van der Waals surface area (Å²) >= 11 is 1.21. The lowest BCUT2D eigenvalue weighted by atomic mass is 10.3. The first kappa shape index (κ1) is 18.4. The van der Waals surface area contributed by atoms with Crippen molar-refractivity contribution in [2.45, 2.75) is 23.9 Å². The molecule has 26 heavy (non-hydrogen) atoms. The minimum absolute atomic E-state index is 0.0700. The Kier molecular flexibility index (Phi) is 6.24. The highest BCUT2D eigenvalue weighted by Gasteiger charge is 2.30. The van der Waals surface area contributed by atoms with E-state index in [1.807, 2.05) is 35.0 Å². The Morgan fingerprint density at radius 2 is 2.08 bits per heavy atom. The summed E-state index contributed by atoms with van der Waals surface area (Å²) in [5.41, 5.74) is 0.954. The summed E-state index contributed by atoms with van der Waals surface area (Å²) in [4.78, 5) is 28.0. The van der Waals surface area contributed by atoms with Gasteiger partial charge in [-0.25, -0.2) is 14.5 Å². The van der Waals surface area contributed by atoms with Gasteiger partial charge in [0.05, 0.1) is 18.0 Å². The highest BCUT2D eigenvalue weighted by molar-refractivity contribution is 7.99. The molecule has 2 aromatic rings. The Labute approximate surface area is 155 Å². The summed E-state index contributed by atoms with van der Waals surface area (Å²) in [6.07, 6.45) is 2.22. The van der Waals surface area contributed by atoms with Gasteiger partial charge in [0.25, 0.3) is 0 Å². The number of carbonyl (C=O) groups excluding carboxylic acids is 2. The number of para-hydroxylation sites is 1. The minimum atomic E-state index is -0.533. The van der Waals surface area contributed by atoms with Crippen molar-refractivity contribution in [3.8, 4) is 5.69 Å². The SMILES string of the molecule is COCCNC(=O)NC(=O)CSc1nc(C2CC2)n(-c2ccccc2)n1. The summed E-state index contributed by atoms with van der Waals surface area (Å²) < 4.78 is 6.67. The molecular formula is C17H21N5O3S. The van der Waals surface area contributed by atoms with Gasteiger partial charge in [-0.05, 0) is 25.0 Å². The van der Waals surface area contributed by atoms with Gasteiger partial charge in [-0.2, -0.15) is 0 Å². The monoisotopic (exact) mass is 375 g/mol. The van der Waals surface area contributed by atoms with E-state index in [0.717, 1.165) is 24.4 Å². The van der Waals surface area contributed by atoms with E-state index in [1.54, 1.807) is 7.11 Å². The second kappa shape index (κ2) is 8.81. The molecule has 1 aromatic carbocycles. The molecule has 138 valence electrons. The number of ether oxygens (including phenoxy) is 1. The molecule has 1 aromatic heterocycles. The fraction of sp³-hybridized carbons (Fsp3) is 0.412. The number of benzene rings is 1. The first-order valence-electron chi connectivity index (χ1n) is 8.39. The number of methoxy groups -OCH3 is 1. The molecule has 1 saturated carbocycles. The number of carbonyl (C=O) groups is 2. The van der Waals surface area contributed by atoms with Crippen LogP contribution in [0.15, 0.2) is 35.5 Å². The van der Waals surface area contributed by atoms with Gasteiger partial charge in [-0.3, -0.25) is 10.1 Å². The standard InChI is InChI=1S/C17H21N5O3S/c1-25-10-9-18-16(24)19-14(23)11-26-17-20-15(12-7-8-12)22(21-17)13-5-3-2-4-6-13/h2-6,12H,7-11H2,1H3,(H2,18,19,23,24). The lowest BCUT2D eigenvalue weighted by Crippen LogP contribution is -2.41. The van der Waals surface area contributed by atoms with Gasteiger partial charge in [-0.1, -0.05) is 30.0 Å². The van der Waals surface area contributed by atoms with E-state index in [-0.39, 0.29) is 5.75 Å². The van der Waals surface area contributed by atoms with Crippen molar-refractivity contribution >= 4 is 23.7 Å². The Bertz CT molecular complexity index is 761. The molecule has 3 rings (SSSR count). The first-order valence-corrected chi connectivity index (χ1v) is 9.37. The second-order valence-electron chi connectivity index (χ2n) is 5.86. The van der Waals surface area contributed by atoms with Crippen LogP contribution in [0.5, 0.6) is 0 Å². The Balaban J connectivity index is 1.57. The van der Waals surface area contributed by atoms with Crippen LogP contribution in [0.3, 0.4) is 0 Å². The summed E-state index contributed by atoms with van der Waals surface area (Å²) in [6.45, 7) is 0.734. The number of hydrogen-bond donors (Lipinski definition) is 2. The van der Waals surface area contributed by atoms with Crippen molar-refractivity contribution < 1.29 is 14.3 Å². The second-order valence-corrected chi connectivity index (χ2v) is 6.80. The molecule has 1 heterocycles. The van der Waals surface area contributed by atoms with Crippen LogP contribution in [-0.4, -0.2) is 52.7 Å². The predicted molar refractivity (Wildman–Crippen MR) is 97.5 cm³/mol. The van der Waals surface area contributed by atoms with E-state index in [4.69, 9.17) is 4.74 Å². The predicted octanol–water partition coefficient (Wildman–Crippen LogP) is 1.71. The topological polar surface area (TPSA) is 98.1 Å². The molecule has 0 saturated heterocycles. The molecule has 8 nitrogen and oxygen atoms in total. The molecule has 1 aliphatic rings. The number of rotatable bonds is 8. The molecule has 0 radical (unpaired) electrons. The summed E-state index contributed by atoms with van der Waals surface area (Å²) in [5, 5.41) is 9.86. The number of imide groups is 1. The van der Waals surface area contributed by atoms with Crippen LogP contribution in [0.25, 0.3) is 5.69 Å². The van der Waals surface area contributed by atoms with E-state index in [0.29, 0.717) is 24.2 Å². The Morgan fingerprint density at radius 1 is 1.31 bits per heavy atom. The molecule has 0 atom stereocenters. The van der Waals surface area contributed by atoms with E-state index in [9.17, 15) is 9.59 Å². The van der Waals surface area contributed by atoms with Gasteiger partial charge in [0.1, 0.15) is 5.82 Å². The maximum Gasteiger partial charge on any atom is 0.321 e. The zero-order valence-electron chi connectivity index (χ0n) is 14.5. The lowest BCUT2D eigenvalue weighted by Gasteiger charge is -2.05. The van der Waals surface area contributed by atoms with Crippen molar-refractivity contribution in [2.75, 3.05) is 26.0 Å². The normalized spacial score (nSPS) is 13.4.